The highest BCUT2D eigenvalue weighted by Crippen LogP contribution is 2.38. The van der Waals surface area contributed by atoms with E-state index in [1.165, 1.54) is 25.2 Å². The van der Waals surface area contributed by atoms with Crippen LogP contribution in [0.15, 0.2) is 83.1 Å². The number of aryl methyl sites for hydroxylation is 2. The van der Waals surface area contributed by atoms with Crippen molar-refractivity contribution in [3.05, 3.63) is 100.0 Å². The van der Waals surface area contributed by atoms with Gasteiger partial charge in [0.05, 0.1) is 5.69 Å². The van der Waals surface area contributed by atoms with Crippen LogP contribution >= 0.6 is 11.3 Å². The standard InChI is InChI=1S/C26H23FN2O3S2/c1-17-12-13-21(14-18(17)2)28-26(30)24-25(23(16-33-24)19-8-7-9-20(27)15-19)34(31,32)29(3)22-10-5-4-6-11-22/h4-16H,1-3H3,(H,28,30). The highest BCUT2D eigenvalue weighted by Gasteiger charge is 2.33. The molecular weight excluding hydrogens is 471 g/mol. The number of thiophene rings is 1. The fourth-order valence-electron chi connectivity index (χ4n) is 3.54. The minimum absolute atomic E-state index is 0.0280. The van der Waals surface area contributed by atoms with Crippen LogP contribution in [0.3, 0.4) is 0 Å². The summed E-state index contributed by atoms with van der Waals surface area (Å²) >= 11 is 1.01. The fourth-order valence-corrected chi connectivity index (χ4v) is 6.39. The van der Waals surface area contributed by atoms with Crippen LogP contribution in [0.1, 0.15) is 20.8 Å². The first-order chi connectivity index (χ1) is 16.2. The molecule has 1 aromatic heterocycles. The lowest BCUT2D eigenvalue weighted by atomic mass is 10.1. The first kappa shape index (κ1) is 23.7. The van der Waals surface area contributed by atoms with Crippen LogP contribution in [0.25, 0.3) is 11.1 Å². The maximum atomic E-state index is 14.0. The fraction of sp³-hybridized carbons (Fsp3) is 0.115. The van der Waals surface area contributed by atoms with Crippen molar-refractivity contribution in [2.24, 2.45) is 0 Å². The number of amides is 1. The third-order valence-corrected chi connectivity index (χ3v) is 8.57. The minimum Gasteiger partial charge on any atom is -0.321 e. The number of halogens is 1. The zero-order chi connectivity index (χ0) is 24.5. The van der Waals surface area contributed by atoms with Gasteiger partial charge < -0.3 is 5.32 Å². The van der Waals surface area contributed by atoms with E-state index in [0.29, 0.717) is 16.9 Å². The molecule has 0 unspecified atom stereocenters. The van der Waals surface area contributed by atoms with Crippen molar-refractivity contribution in [3.63, 3.8) is 0 Å². The summed E-state index contributed by atoms with van der Waals surface area (Å²) in [6.45, 7) is 3.90. The lowest BCUT2D eigenvalue weighted by Gasteiger charge is -2.21. The highest BCUT2D eigenvalue weighted by molar-refractivity contribution is 7.93. The average molecular weight is 495 g/mol. The van der Waals surface area contributed by atoms with Crippen LogP contribution in [0, 0.1) is 19.7 Å². The molecule has 4 rings (SSSR count). The summed E-state index contributed by atoms with van der Waals surface area (Å²) in [5.74, 6) is -1.04. The number of sulfonamides is 1. The minimum atomic E-state index is -4.16. The van der Waals surface area contributed by atoms with Gasteiger partial charge in [0.25, 0.3) is 15.9 Å². The molecule has 0 radical (unpaired) electrons. The Balaban J connectivity index is 1.84. The summed E-state index contributed by atoms with van der Waals surface area (Å²) in [6, 6.07) is 19.7. The Kier molecular flexibility index (Phi) is 6.54. The number of benzene rings is 3. The van der Waals surface area contributed by atoms with E-state index in [4.69, 9.17) is 0 Å². The number of carbonyl (C=O) groups excluding carboxylic acids is 1. The monoisotopic (exact) mass is 494 g/mol. The molecule has 0 saturated carbocycles. The van der Waals surface area contributed by atoms with Crippen LogP contribution in [0.2, 0.25) is 0 Å². The number of nitrogens with one attached hydrogen (secondary N) is 1. The summed E-state index contributed by atoms with van der Waals surface area (Å²) in [6.07, 6.45) is 0. The Morgan fingerprint density at radius 2 is 1.68 bits per heavy atom. The van der Waals surface area contributed by atoms with E-state index in [1.807, 2.05) is 26.0 Å². The van der Waals surface area contributed by atoms with E-state index < -0.39 is 21.7 Å². The Morgan fingerprint density at radius 1 is 0.941 bits per heavy atom. The third kappa shape index (κ3) is 4.60. The predicted molar refractivity (Wildman–Crippen MR) is 136 cm³/mol. The van der Waals surface area contributed by atoms with E-state index in [-0.39, 0.29) is 15.3 Å². The van der Waals surface area contributed by atoms with Crippen LogP contribution in [-0.4, -0.2) is 21.4 Å². The number of anilines is 2. The van der Waals surface area contributed by atoms with Gasteiger partial charge in [-0.25, -0.2) is 12.8 Å². The Bertz CT molecular complexity index is 1460. The van der Waals surface area contributed by atoms with E-state index >= 15 is 0 Å². The molecule has 8 heteroatoms. The normalized spacial score (nSPS) is 11.3. The van der Waals surface area contributed by atoms with Gasteiger partial charge >= 0.3 is 0 Å². The second-order valence-electron chi connectivity index (χ2n) is 7.88. The van der Waals surface area contributed by atoms with Gasteiger partial charge in [0.15, 0.2) is 0 Å². The molecule has 0 aliphatic carbocycles. The molecule has 174 valence electrons. The molecule has 0 aliphatic rings. The van der Waals surface area contributed by atoms with Gasteiger partial charge in [-0.15, -0.1) is 11.3 Å². The summed E-state index contributed by atoms with van der Waals surface area (Å²) in [7, 11) is -2.73. The lowest BCUT2D eigenvalue weighted by molar-refractivity contribution is 0.102. The van der Waals surface area contributed by atoms with Crippen molar-refractivity contribution in [1.29, 1.82) is 0 Å². The first-order valence-corrected chi connectivity index (χ1v) is 12.8. The van der Waals surface area contributed by atoms with E-state index in [0.717, 1.165) is 26.8 Å². The molecule has 0 fully saturated rings. The van der Waals surface area contributed by atoms with Crippen LogP contribution in [0.4, 0.5) is 15.8 Å². The highest BCUT2D eigenvalue weighted by atomic mass is 32.2. The molecule has 0 bridgehead atoms. The number of hydrogen-bond donors (Lipinski definition) is 1. The Morgan fingerprint density at radius 3 is 2.35 bits per heavy atom. The number of carbonyl (C=O) groups is 1. The molecule has 34 heavy (non-hydrogen) atoms. The SMILES string of the molecule is Cc1ccc(NC(=O)c2scc(-c3cccc(F)c3)c2S(=O)(=O)N(C)c2ccccc2)cc1C. The first-order valence-electron chi connectivity index (χ1n) is 10.5. The van der Waals surface area contributed by atoms with Crippen molar-refractivity contribution in [2.75, 3.05) is 16.7 Å². The molecule has 5 nitrogen and oxygen atoms in total. The Hall–Kier alpha value is -3.49. The summed E-state index contributed by atoms with van der Waals surface area (Å²) in [4.78, 5) is 13.2. The summed E-state index contributed by atoms with van der Waals surface area (Å²) in [5, 5.41) is 4.39. The molecule has 0 spiro atoms. The summed E-state index contributed by atoms with van der Waals surface area (Å²) in [5.41, 5.74) is 3.74. The van der Waals surface area contributed by atoms with Crippen LogP contribution in [0.5, 0.6) is 0 Å². The van der Waals surface area contributed by atoms with Crippen molar-refractivity contribution < 1.29 is 17.6 Å². The second-order valence-corrected chi connectivity index (χ2v) is 10.7. The zero-order valence-electron chi connectivity index (χ0n) is 18.9. The summed E-state index contributed by atoms with van der Waals surface area (Å²) < 4.78 is 42.7. The van der Waals surface area contributed by atoms with Crippen molar-refractivity contribution >= 4 is 38.6 Å². The van der Waals surface area contributed by atoms with Gasteiger partial charge in [-0.05, 0) is 66.9 Å². The molecule has 1 amide bonds. The second kappa shape index (κ2) is 9.40. The largest absolute Gasteiger partial charge is 0.321 e. The molecule has 3 aromatic carbocycles. The van der Waals surface area contributed by atoms with E-state index in [1.54, 1.807) is 47.8 Å². The molecule has 1 heterocycles. The predicted octanol–water partition coefficient (Wildman–Crippen LogP) is 6.25. The molecule has 0 atom stereocenters. The van der Waals surface area contributed by atoms with Gasteiger partial charge in [0.2, 0.25) is 0 Å². The van der Waals surface area contributed by atoms with Crippen molar-refractivity contribution in [3.8, 4) is 11.1 Å². The maximum Gasteiger partial charge on any atom is 0.267 e. The number of para-hydroxylation sites is 1. The topological polar surface area (TPSA) is 66.5 Å². The van der Waals surface area contributed by atoms with Crippen LogP contribution < -0.4 is 9.62 Å². The van der Waals surface area contributed by atoms with Crippen molar-refractivity contribution in [2.45, 2.75) is 18.7 Å². The number of hydrogen-bond acceptors (Lipinski definition) is 4. The van der Waals surface area contributed by atoms with Crippen LogP contribution in [-0.2, 0) is 10.0 Å². The smallest absolute Gasteiger partial charge is 0.267 e. The van der Waals surface area contributed by atoms with E-state index in [2.05, 4.69) is 5.32 Å². The number of nitrogens with zero attached hydrogens (tertiary/aromatic N) is 1. The lowest BCUT2D eigenvalue weighted by Crippen LogP contribution is -2.28. The van der Waals surface area contributed by atoms with Gasteiger partial charge in [-0.3, -0.25) is 9.10 Å². The molecular formula is C26H23FN2O3S2. The Labute approximate surface area is 202 Å². The number of rotatable bonds is 6. The van der Waals surface area contributed by atoms with Gasteiger partial charge in [-0.2, -0.15) is 0 Å². The molecule has 0 saturated heterocycles. The molecule has 1 N–H and O–H groups in total. The van der Waals surface area contributed by atoms with Gasteiger partial charge in [0, 0.05) is 23.7 Å². The van der Waals surface area contributed by atoms with Gasteiger partial charge in [0.1, 0.15) is 15.6 Å². The zero-order valence-corrected chi connectivity index (χ0v) is 20.5. The average Bonchev–Trinajstić information content (AvgIpc) is 3.28. The van der Waals surface area contributed by atoms with E-state index in [9.17, 15) is 17.6 Å². The molecule has 0 aliphatic heterocycles. The maximum absolute atomic E-state index is 14.0. The van der Waals surface area contributed by atoms with Gasteiger partial charge in [-0.1, -0.05) is 36.4 Å². The molecule has 4 aromatic rings. The quantitative estimate of drug-likeness (QED) is 0.345. The van der Waals surface area contributed by atoms with Crippen molar-refractivity contribution in [1.82, 2.24) is 0 Å². The third-order valence-electron chi connectivity index (χ3n) is 5.59.